The van der Waals surface area contributed by atoms with Gasteiger partial charge in [0.2, 0.25) is 0 Å². The number of pyridine rings is 1. The van der Waals surface area contributed by atoms with Gasteiger partial charge in [-0.3, -0.25) is 10.1 Å². The van der Waals surface area contributed by atoms with Gasteiger partial charge in [0.15, 0.2) is 0 Å². The molecule has 0 spiro atoms. The van der Waals surface area contributed by atoms with E-state index in [9.17, 15) is 10.1 Å². The Balaban J connectivity index is 2.45. The number of alkyl halides is 1. The lowest BCUT2D eigenvalue weighted by atomic mass is 10.2. The molecule has 2 heterocycles. The van der Waals surface area contributed by atoms with E-state index in [0.717, 1.165) is 0 Å². The molecular formula is C11H8ClN3O2. The third-order valence-corrected chi connectivity index (χ3v) is 2.35. The Morgan fingerprint density at radius 1 is 1.59 bits per heavy atom. The molecule has 6 heteroatoms. The number of nitrogens with zero attached hydrogens (tertiary/aromatic N) is 2. The summed E-state index contributed by atoms with van der Waals surface area (Å²) in [6, 6.07) is 1.65. The molecule has 0 aliphatic heterocycles. The van der Waals surface area contributed by atoms with E-state index in [4.69, 9.17) is 11.6 Å². The second-order valence-corrected chi connectivity index (χ2v) is 3.67. The van der Waals surface area contributed by atoms with Crippen molar-refractivity contribution in [2.24, 2.45) is 0 Å². The molecule has 0 fully saturated rings. The summed E-state index contributed by atoms with van der Waals surface area (Å²) in [5.41, 5.74) is 1.14. The third-order valence-electron chi connectivity index (χ3n) is 2.16. The number of nitro groups is 1. The molecule has 2 rings (SSSR count). The average molecular weight is 250 g/mol. The van der Waals surface area contributed by atoms with Crippen molar-refractivity contribution in [1.29, 1.82) is 0 Å². The second kappa shape index (κ2) is 4.85. The summed E-state index contributed by atoms with van der Waals surface area (Å²) >= 11 is 5.50. The predicted molar refractivity (Wildman–Crippen MR) is 65.0 cm³/mol. The van der Waals surface area contributed by atoms with Crippen LogP contribution in [0.1, 0.15) is 12.0 Å². The van der Waals surface area contributed by atoms with Crippen LogP contribution in [0.3, 0.4) is 0 Å². The van der Waals surface area contributed by atoms with Crippen LogP contribution >= 0.6 is 11.6 Å². The lowest BCUT2D eigenvalue weighted by Crippen LogP contribution is -1.86. The van der Waals surface area contributed by atoms with Crippen molar-refractivity contribution in [2.45, 2.75) is 6.42 Å². The van der Waals surface area contributed by atoms with Crippen LogP contribution in [0, 0.1) is 22.0 Å². The maximum atomic E-state index is 10.8. The van der Waals surface area contributed by atoms with E-state index in [-0.39, 0.29) is 5.69 Å². The fraction of sp³-hybridized carbons (Fsp3) is 0.182. The number of halogens is 1. The van der Waals surface area contributed by atoms with E-state index in [0.29, 0.717) is 28.9 Å². The summed E-state index contributed by atoms with van der Waals surface area (Å²) in [4.78, 5) is 17.1. The zero-order chi connectivity index (χ0) is 12.3. The van der Waals surface area contributed by atoms with Crippen LogP contribution in [-0.4, -0.2) is 20.8 Å². The molecule has 0 radical (unpaired) electrons. The van der Waals surface area contributed by atoms with Crippen LogP contribution < -0.4 is 0 Å². The molecule has 0 unspecified atom stereocenters. The minimum absolute atomic E-state index is 0.00786. The highest BCUT2D eigenvalue weighted by molar-refractivity contribution is 6.18. The van der Waals surface area contributed by atoms with Crippen LogP contribution in [0.25, 0.3) is 11.0 Å². The Bertz CT molecular complexity index is 624. The van der Waals surface area contributed by atoms with Crippen LogP contribution in [0.15, 0.2) is 18.5 Å². The molecular weight excluding hydrogens is 242 g/mol. The summed E-state index contributed by atoms with van der Waals surface area (Å²) in [5, 5.41) is 11.2. The molecule has 0 aliphatic carbocycles. The number of aromatic nitrogens is 2. The van der Waals surface area contributed by atoms with Crippen molar-refractivity contribution in [3.63, 3.8) is 0 Å². The molecule has 0 aromatic carbocycles. The first kappa shape index (κ1) is 11.4. The first-order valence-electron chi connectivity index (χ1n) is 4.88. The molecule has 0 aliphatic rings. The van der Waals surface area contributed by atoms with Gasteiger partial charge in [-0.1, -0.05) is 11.8 Å². The largest absolute Gasteiger partial charge is 0.340 e. The van der Waals surface area contributed by atoms with E-state index < -0.39 is 4.92 Å². The van der Waals surface area contributed by atoms with Crippen LogP contribution in [-0.2, 0) is 0 Å². The minimum atomic E-state index is -0.448. The Morgan fingerprint density at radius 3 is 3.12 bits per heavy atom. The summed E-state index contributed by atoms with van der Waals surface area (Å²) in [5.74, 6) is 6.18. The van der Waals surface area contributed by atoms with Gasteiger partial charge in [-0.25, -0.2) is 4.98 Å². The van der Waals surface area contributed by atoms with Gasteiger partial charge >= 0.3 is 0 Å². The fourth-order valence-corrected chi connectivity index (χ4v) is 1.52. The van der Waals surface area contributed by atoms with Crippen molar-refractivity contribution in [1.82, 2.24) is 9.97 Å². The van der Waals surface area contributed by atoms with Gasteiger partial charge in [-0.05, 0) is 6.07 Å². The van der Waals surface area contributed by atoms with Crippen molar-refractivity contribution < 1.29 is 4.92 Å². The molecule has 0 amide bonds. The lowest BCUT2D eigenvalue weighted by molar-refractivity contribution is -0.383. The lowest BCUT2D eigenvalue weighted by Gasteiger charge is -1.91. The number of nitrogens with one attached hydrogen (secondary N) is 1. The van der Waals surface area contributed by atoms with E-state index in [1.165, 1.54) is 6.20 Å². The Hall–Kier alpha value is -2.06. The fourth-order valence-electron chi connectivity index (χ4n) is 1.42. The second-order valence-electron chi connectivity index (χ2n) is 3.29. The van der Waals surface area contributed by atoms with Crippen molar-refractivity contribution in [3.05, 3.63) is 34.1 Å². The highest BCUT2D eigenvalue weighted by Crippen LogP contribution is 2.23. The zero-order valence-electron chi connectivity index (χ0n) is 8.74. The summed E-state index contributed by atoms with van der Waals surface area (Å²) in [7, 11) is 0. The number of fused-ring (bicyclic) bond motifs is 1. The Kier molecular flexibility index (Phi) is 3.26. The van der Waals surface area contributed by atoms with Gasteiger partial charge in [-0.15, -0.1) is 11.6 Å². The average Bonchev–Trinajstić information content (AvgIpc) is 2.72. The number of rotatable bonds is 2. The van der Waals surface area contributed by atoms with Crippen LogP contribution in [0.5, 0.6) is 0 Å². The van der Waals surface area contributed by atoms with Gasteiger partial charge in [0, 0.05) is 24.1 Å². The molecule has 0 saturated heterocycles. The van der Waals surface area contributed by atoms with Crippen molar-refractivity contribution >= 4 is 28.3 Å². The molecule has 2 aromatic rings. The number of hydrogen-bond acceptors (Lipinski definition) is 3. The quantitative estimate of drug-likeness (QED) is 0.385. The van der Waals surface area contributed by atoms with Gasteiger partial charge < -0.3 is 4.98 Å². The minimum Gasteiger partial charge on any atom is -0.340 e. The van der Waals surface area contributed by atoms with Gasteiger partial charge in [0.1, 0.15) is 5.65 Å². The van der Waals surface area contributed by atoms with Gasteiger partial charge in [0.25, 0.3) is 5.69 Å². The first-order valence-corrected chi connectivity index (χ1v) is 5.42. The van der Waals surface area contributed by atoms with E-state index in [1.807, 2.05) is 0 Å². The van der Waals surface area contributed by atoms with Crippen molar-refractivity contribution in [2.75, 3.05) is 5.88 Å². The normalized spacial score (nSPS) is 9.94. The first-order chi connectivity index (χ1) is 8.22. The molecule has 5 nitrogen and oxygen atoms in total. The zero-order valence-corrected chi connectivity index (χ0v) is 9.49. The Morgan fingerprint density at radius 2 is 2.41 bits per heavy atom. The van der Waals surface area contributed by atoms with Crippen LogP contribution in [0.2, 0.25) is 0 Å². The third kappa shape index (κ3) is 2.37. The van der Waals surface area contributed by atoms with Gasteiger partial charge in [-0.2, -0.15) is 0 Å². The monoisotopic (exact) mass is 249 g/mol. The maximum absolute atomic E-state index is 10.8. The van der Waals surface area contributed by atoms with E-state index in [2.05, 4.69) is 21.8 Å². The topological polar surface area (TPSA) is 71.8 Å². The molecule has 2 aromatic heterocycles. The smallest absolute Gasteiger partial charge is 0.296 e. The standard InChI is InChI=1S/C11H8ClN3O2/c12-4-2-1-3-8-5-9-10(15(16)17)7-14-11(9)13-6-8/h5-7H,2,4H2,(H,13,14). The van der Waals surface area contributed by atoms with Crippen LogP contribution in [0.4, 0.5) is 5.69 Å². The summed E-state index contributed by atoms with van der Waals surface area (Å²) < 4.78 is 0. The van der Waals surface area contributed by atoms with Gasteiger partial charge in [0.05, 0.1) is 16.5 Å². The highest BCUT2D eigenvalue weighted by atomic mass is 35.5. The SMILES string of the molecule is O=[N+]([O-])c1c[nH]c2ncc(C#CCCCl)cc12. The Labute approximate surface area is 102 Å². The maximum Gasteiger partial charge on any atom is 0.296 e. The molecule has 0 saturated carbocycles. The summed E-state index contributed by atoms with van der Waals surface area (Å²) in [6.07, 6.45) is 3.48. The van der Waals surface area contributed by atoms with E-state index in [1.54, 1.807) is 12.3 Å². The molecule has 1 N–H and O–H groups in total. The van der Waals surface area contributed by atoms with Crippen molar-refractivity contribution in [3.8, 4) is 11.8 Å². The summed E-state index contributed by atoms with van der Waals surface area (Å²) in [6.45, 7) is 0. The molecule has 0 atom stereocenters. The number of aromatic amines is 1. The van der Waals surface area contributed by atoms with E-state index >= 15 is 0 Å². The predicted octanol–water partition coefficient (Wildman–Crippen LogP) is 2.45. The molecule has 0 bridgehead atoms. The highest BCUT2D eigenvalue weighted by Gasteiger charge is 2.14. The number of hydrogen-bond donors (Lipinski definition) is 1. The molecule has 86 valence electrons. The number of H-pyrrole nitrogens is 1. The molecule has 17 heavy (non-hydrogen) atoms.